The number of ketones is 1. The van der Waals surface area contributed by atoms with Gasteiger partial charge in [0.15, 0.2) is 0 Å². The van der Waals surface area contributed by atoms with Crippen LogP contribution in [0.2, 0.25) is 0 Å². The number of carbonyl (C=O) groups is 1. The van der Waals surface area contributed by atoms with Gasteiger partial charge in [-0.15, -0.1) is 0 Å². The van der Waals surface area contributed by atoms with Gasteiger partial charge in [-0.3, -0.25) is 4.79 Å². The standard InChI is InChI=1S/C15H13NO2/c1-15(18)14(17)12-9-5-6-10-13(12)16(15)11-7-3-2-4-8-11/h2-10,18H,1H3. The topological polar surface area (TPSA) is 40.5 Å². The van der Waals surface area contributed by atoms with Crippen LogP contribution in [0.4, 0.5) is 11.4 Å². The molecular weight excluding hydrogens is 226 g/mol. The van der Waals surface area contributed by atoms with E-state index in [0.29, 0.717) is 5.56 Å². The second kappa shape index (κ2) is 3.68. The monoisotopic (exact) mass is 239 g/mol. The zero-order valence-corrected chi connectivity index (χ0v) is 10.00. The van der Waals surface area contributed by atoms with Gasteiger partial charge in [-0.1, -0.05) is 30.3 Å². The number of hydrogen-bond donors (Lipinski definition) is 1. The van der Waals surface area contributed by atoms with Crippen LogP contribution in [0.15, 0.2) is 54.6 Å². The van der Waals surface area contributed by atoms with Crippen LogP contribution in [-0.4, -0.2) is 16.6 Å². The number of para-hydroxylation sites is 2. The molecule has 2 aromatic carbocycles. The number of anilines is 2. The Morgan fingerprint density at radius 3 is 2.33 bits per heavy atom. The second-order valence-electron chi connectivity index (χ2n) is 4.54. The van der Waals surface area contributed by atoms with E-state index < -0.39 is 5.72 Å². The van der Waals surface area contributed by atoms with E-state index in [-0.39, 0.29) is 5.78 Å². The number of carbonyl (C=O) groups excluding carboxylic acids is 1. The van der Waals surface area contributed by atoms with Crippen molar-refractivity contribution in [1.82, 2.24) is 0 Å². The zero-order chi connectivity index (χ0) is 12.8. The molecule has 3 heteroatoms. The van der Waals surface area contributed by atoms with Crippen molar-refractivity contribution in [2.24, 2.45) is 0 Å². The Morgan fingerprint density at radius 2 is 1.61 bits per heavy atom. The third kappa shape index (κ3) is 1.38. The summed E-state index contributed by atoms with van der Waals surface area (Å²) in [5.74, 6) is -0.262. The molecule has 3 rings (SSSR count). The first-order chi connectivity index (χ1) is 8.62. The lowest BCUT2D eigenvalue weighted by Gasteiger charge is -2.30. The summed E-state index contributed by atoms with van der Waals surface area (Å²) in [6.45, 7) is 1.53. The first-order valence-electron chi connectivity index (χ1n) is 5.84. The fraction of sp³-hybridized carbons (Fsp3) is 0.133. The van der Waals surface area contributed by atoms with E-state index in [1.54, 1.807) is 17.0 Å². The normalized spacial score (nSPS) is 22.1. The quantitative estimate of drug-likeness (QED) is 0.831. The van der Waals surface area contributed by atoms with Crippen molar-refractivity contribution >= 4 is 17.2 Å². The lowest BCUT2D eigenvalue weighted by molar-refractivity contribution is 0.0479. The largest absolute Gasteiger partial charge is 0.364 e. The Bertz CT molecular complexity index is 605. The predicted molar refractivity (Wildman–Crippen MR) is 70.0 cm³/mol. The number of fused-ring (bicyclic) bond motifs is 1. The van der Waals surface area contributed by atoms with E-state index in [1.165, 1.54) is 6.92 Å². The van der Waals surface area contributed by atoms with Gasteiger partial charge in [-0.25, -0.2) is 0 Å². The maximum absolute atomic E-state index is 12.2. The molecule has 1 atom stereocenters. The first kappa shape index (κ1) is 11.0. The van der Waals surface area contributed by atoms with Gasteiger partial charge in [-0.2, -0.15) is 0 Å². The third-order valence-corrected chi connectivity index (χ3v) is 3.27. The molecule has 0 bridgehead atoms. The molecule has 0 radical (unpaired) electrons. The average Bonchev–Trinajstić information content (AvgIpc) is 2.59. The van der Waals surface area contributed by atoms with Crippen LogP contribution in [0.25, 0.3) is 0 Å². The molecule has 1 unspecified atom stereocenters. The van der Waals surface area contributed by atoms with Crippen molar-refractivity contribution < 1.29 is 9.90 Å². The van der Waals surface area contributed by atoms with Gasteiger partial charge in [0.1, 0.15) is 0 Å². The molecular formula is C15H13NO2. The third-order valence-electron chi connectivity index (χ3n) is 3.27. The van der Waals surface area contributed by atoms with E-state index >= 15 is 0 Å². The molecule has 0 spiro atoms. The summed E-state index contributed by atoms with van der Waals surface area (Å²) >= 11 is 0. The number of Topliss-reactive ketones (excluding diaryl/α,β-unsaturated/α-hetero) is 1. The summed E-state index contributed by atoms with van der Waals surface area (Å²) in [5.41, 5.74) is 0.594. The van der Waals surface area contributed by atoms with Crippen molar-refractivity contribution in [3.63, 3.8) is 0 Å². The van der Waals surface area contributed by atoms with E-state index in [2.05, 4.69) is 0 Å². The van der Waals surface area contributed by atoms with Gasteiger partial charge in [0.2, 0.25) is 11.5 Å². The minimum atomic E-state index is -1.52. The molecule has 0 aromatic heterocycles. The molecule has 0 fully saturated rings. The van der Waals surface area contributed by atoms with Crippen LogP contribution in [-0.2, 0) is 0 Å². The Morgan fingerprint density at radius 1 is 1.00 bits per heavy atom. The average molecular weight is 239 g/mol. The molecule has 2 aromatic rings. The summed E-state index contributed by atoms with van der Waals surface area (Å²) in [6.07, 6.45) is 0. The van der Waals surface area contributed by atoms with Crippen LogP contribution in [0.3, 0.4) is 0 Å². The number of aliphatic hydroxyl groups is 1. The highest BCUT2D eigenvalue weighted by molar-refractivity contribution is 6.14. The van der Waals surface area contributed by atoms with Crippen LogP contribution in [0.5, 0.6) is 0 Å². The summed E-state index contributed by atoms with van der Waals surface area (Å²) < 4.78 is 0. The molecule has 0 saturated carbocycles. The van der Waals surface area contributed by atoms with Gasteiger partial charge in [0, 0.05) is 11.3 Å². The van der Waals surface area contributed by atoms with Crippen LogP contribution >= 0.6 is 0 Å². The summed E-state index contributed by atoms with van der Waals surface area (Å²) in [6, 6.07) is 16.7. The van der Waals surface area contributed by atoms with E-state index in [0.717, 1.165) is 11.4 Å². The number of hydrogen-bond acceptors (Lipinski definition) is 3. The minimum Gasteiger partial charge on any atom is -0.364 e. The van der Waals surface area contributed by atoms with Gasteiger partial charge < -0.3 is 10.0 Å². The molecule has 18 heavy (non-hydrogen) atoms. The van der Waals surface area contributed by atoms with Crippen LogP contribution in [0, 0.1) is 0 Å². The van der Waals surface area contributed by atoms with E-state index in [1.807, 2.05) is 42.5 Å². The SMILES string of the molecule is CC1(O)C(=O)c2ccccc2N1c1ccccc1. The summed E-state index contributed by atoms with van der Waals surface area (Å²) in [4.78, 5) is 13.9. The maximum Gasteiger partial charge on any atom is 0.217 e. The van der Waals surface area contributed by atoms with Gasteiger partial charge in [-0.05, 0) is 31.2 Å². The van der Waals surface area contributed by atoms with Crippen molar-refractivity contribution in [1.29, 1.82) is 0 Å². The van der Waals surface area contributed by atoms with Crippen molar-refractivity contribution in [3.05, 3.63) is 60.2 Å². The highest BCUT2D eigenvalue weighted by Crippen LogP contribution is 2.42. The van der Waals surface area contributed by atoms with Gasteiger partial charge in [0.25, 0.3) is 0 Å². The lowest BCUT2D eigenvalue weighted by atomic mass is 10.1. The van der Waals surface area contributed by atoms with E-state index in [4.69, 9.17) is 0 Å². The van der Waals surface area contributed by atoms with Crippen molar-refractivity contribution in [3.8, 4) is 0 Å². The van der Waals surface area contributed by atoms with Crippen molar-refractivity contribution in [2.45, 2.75) is 12.6 Å². The Labute approximate surface area is 105 Å². The van der Waals surface area contributed by atoms with Gasteiger partial charge >= 0.3 is 0 Å². The molecule has 1 aliphatic rings. The molecule has 1 N–H and O–H groups in total. The molecule has 3 nitrogen and oxygen atoms in total. The fourth-order valence-electron chi connectivity index (χ4n) is 2.42. The van der Waals surface area contributed by atoms with Gasteiger partial charge in [0.05, 0.1) is 5.69 Å². The first-order valence-corrected chi connectivity index (χ1v) is 5.84. The fourth-order valence-corrected chi connectivity index (χ4v) is 2.42. The Hall–Kier alpha value is -2.13. The molecule has 1 heterocycles. The minimum absolute atomic E-state index is 0.262. The number of rotatable bonds is 1. The molecule has 0 aliphatic carbocycles. The lowest BCUT2D eigenvalue weighted by Crippen LogP contribution is -2.44. The van der Waals surface area contributed by atoms with Crippen LogP contribution < -0.4 is 4.90 Å². The van der Waals surface area contributed by atoms with Crippen molar-refractivity contribution in [2.75, 3.05) is 4.90 Å². The van der Waals surface area contributed by atoms with Crippen LogP contribution in [0.1, 0.15) is 17.3 Å². The Kier molecular flexibility index (Phi) is 2.25. The number of benzene rings is 2. The second-order valence-corrected chi connectivity index (χ2v) is 4.54. The summed E-state index contributed by atoms with van der Waals surface area (Å²) in [5, 5.41) is 10.5. The zero-order valence-electron chi connectivity index (χ0n) is 10.00. The molecule has 90 valence electrons. The highest BCUT2D eigenvalue weighted by atomic mass is 16.3. The van der Waals surface area contributed by atoms with E-state index in [9.17, 15) is 9.90 Å². The molecule has 1 aliphatic heterocycles. The molecule has 0 saturated heterocycles. The molecule has 0 amide bonds. The number of nitrogens with zero attached hydrogens (tertiary/aromatic N) is 1. The summed E-state index contributed by atoms with van der Waals surface area (Å²) in [7, 11) is 0. The smallest absolute Gasteiger partial charge is 0.217 e. The predicted octanol–water partition coefficient (Wildman–Crippen LogP) is 2.73. The maximum atomic E-state index is 12.2. The highest BCUT2D eigenvalue weighted by Gasteiger charge is 2.46. The Balaban J connectivity index is 2.23.